The molecule has 0 saturated heterocycles. The molecule has 0 aliphatic carbocycles. The molecule has 0 spiro atoms. The average molecular weight is 417 g/mol. The van der Waals surface area contributed by atoms with Crippen LogP contribution in [0.5, 0.6) is 0 Å². The van der Waals surface area contributed by atoms with Crippen LogP contribution in [0.3, 0.4) is 0 Å². The Morgan fingerprint density at radius 1 is 0.552 bits per heavy atom. The van der Waals surface area contributed by atoms with E-state index in [2.05, 4.69) is 19.2 Å². The van der Waals surface area contributed by atoms with Crippen LogP contribution in [0.1, 0.15) is 142 Å². The Balaban J connectivity index is 0. The molecule has 0 saturated carbocycles. The summed E-state index contributed by atoms with van der Waals surface area (Å²) in [6.07, 6.45) is 28.8. The van der Waals surface area contributed by atoms with Gasteiger partial charge in [0, 0.05) is 0 Å². The summed E-state index contributed by atoms with van der Waals surface area (Å²) in [5, 5.41) is 17.3. The number of nitrogens with one attached hydrogen (secondary N) is 1. The molecule has 5 heteroatoms. The van der Waals surface area contributed by atoms with Crippen molar-refractivity contribution in [3.63, 3.8) is 0 Å². The summed E-state index contributed by atoms with van der Waals surface area (Å²) in [7, 11) is 0. The topological polar surface area (TPSA) is 75.4 Å². The Morgan fingerprint density at radius 3 is 1.00 bits per heavy atom. The molecule has 0 radical (unpaired) electrons. The lowest BCUT2D eigenvalue weighted by atomic mass is 10.1. The molecule has 0 heterocycles. The van der Waals surface area contributed by atoms with Crippen LogP contribution in [-0.4, -0.2) is 23.4 Å². The molecule has 176 valence electrons. The highest BCUT2D eigenvalue weighted by Crippen LogP contribution is 2.11. The van der Waals surface area contributed by atoms with Crippen LogP contribution in [0.2, 0.25) is 0 Å². The van der Waals surface area contributed by atoms with Gasteiger partial charge in [0.05, 0.1) is 0 Å². The molecule has 0 bridgehead atoms. The number of hydrogen-bond acceptors (Lipinski definition) is 3. The second kappa shape index (κ2) is 29.4. The predicted octanol–water partition coefficient (Wildman–Crippen LogP) is 8.07. The Bertz CT molecular complexity index is 276. The predicted molar refractivity (Wildman–Crippen MR) is 125 cm³/mol. The zero-order valence-electron chi connectivity index (χ0n) is 19.8. The number of hydrogen-bond donors (Lipinski definition) is 2. The number of unbranched alkanes of at least 4 members (excludes halogenated alkanes) is 18. The van der Waals surface area contributed by atoms with Crippen molar-refractivity contribution in [2.24, 2.45) is 0 Å². The van der Waals surface area contributed by atoms with Crippen LogP contribution in [-0.2, 0) is 0 Å². The van der Waals surface area contributed by atoms with E-state index in [0.29, 0.717) is 0 Å². The monoisotopic (exact) mass is 416 g/mol. The standard InChI is InChI=1S/C24H51N.HNO3/c1-3-5-7-9-11-13-15-17-19-21-23-25-24-22-20-18-16-14-12-10-8-6-4-2;2-1(3)4/h25H,3-24H2,1-2H3;(H,2,3,4). The molecular weight excluding hydrogens is 364 g/mol. The fourth-order valence-corrected chi connectivity index (χ4v) is 3.60. The fraction of sp³-hybridized carbons (Fsp3) is 1.00. The first-order valence-corrected chi connectivity index (χ1v) is 12.7. The van der Waals surface area contributed by atoms with Gasteiger partial charge >= 0.3 is 0 Å². The summed E-state index contributed by atoms with van der Waals surface area (Å²) in [6.45, 7) is 7.08. The van der Waals surface area contributed by atoms with Gasteiger partial charge in [-0.25, -0.2) is 0 Å². The minimum atomic E-state index is -1.50. The van der Waals surface area contributed by atoms with Gasteiger partial charge in [-0.1, -0.05) is 129 Å². The highest BCUT2D eigenvalue weighted by molar-refractivity contribution is 4.53. The van der Waals surface area contributed by atoms with Gasteiger partial charge in [-0.05, 0) is 25.9 Å². The maximum Gasteiger partial charge on any atom is 0.291 e. The molecule has 0 atom stereocenters. The van der Waals surface area contributed by atoms with Gasteiger partial charge in [0.15, 0.2) is 0 Å². The Hall–Kier alpha value is -0.840. The first-order valence-electron chi connectivity index (χ1n) is 12.7. The van der Waals surface area contributed by atoms with E-state index in [1.165, 1.54) is 142 Å². The maximum absolute atomic E-state index is 8.36. The Morgan fingerprint density at radius 2 is 0.759 bits per heavy atom. The molecule has 0 aliphatic heterocycles. The molecule has 29 heavy (non-hydrogen) atoms. The van der Waals surface area contributed by atoms with Crippen molar-refractivity contribution < 1.29 is 10.3 Å². The van der Waals surface area contributed by atoms with Crippen molar-refractivity contribution >= 4 is 0 Å². The summed E-state index contributed by atoms with van der Waals surface area (Å²) < 4.78 is 0. The van der Waals surface area contributed by atoms with E-state index in [0.717, 1.165) is 0 Å². The van der Waals surface area contributed by atoms with E-state index < -0.39 is 5.09 Å². The van der Waals surface area contributed by atoms with Crippen LogP contribution < -0.4 is 5.32 Å². The first-order chi connectivity index (χ1) is 14.1. The second-order valence-corrected chi connectivity index (χ2v) is 8.35. The highest BCUT2D eigenvalue weighted by Gasteiger charge is 1.94. The van der Waals surface area contributed by atoms with Gasteiger partial charge in [-0.2, -0.15) is 0 Å². The fourth-order valence-electron chi connectivity index (χ4n) is 3.60. The summed E-state index contributed by atoms with van der Waals surface area (Å²) in [4.78, 5) is 8.36. The SMILES string of the molecule is CCCCCCCCCCCCNCCCCCCCCCCCC.O=[N+]([O-])O. The van der Waals surface area contributed by atoms with Crippen LogP contribution in [0.15, 0.2) is 0 Å². The lowest BCUT2D eigenvalue weighted by molar-refractivity contribution is -0.742. The minimum Gasteiger partial charge on any atom is -0.328 e. The summed E-state index contributed by atoms with van der Waals surface area (Å²) >= 11 is 0. The quantitative estimate of drug-likeness (QED) is 0.106. The van der Waals surface area contributed by atoms with Crippen LogP contribution >= 0.6 is 0 Å². The molecule has 0 amide bonds. The van der Waals surface area contributed by atoms with E-state index in [4.69, 9.17) is 15.3 Å². The van der Waals surface area contributed by atoms with Gasteiger partial charge in [0.25, 0.3) is 5.09 Å². The van der Waals surface area contributed by atoms with Gasteiger partial charge in [-0.3, -0.25) is 0 Å². The van der Waals surface area contributed by atoms with Crippen molar-refractivity contribution in [2.75, 3.05) is 13.1 Å². The average Bonchev–Trinajstić information content (AvgIpc) is 2.69. The second-order valence-electron chi connectivity index (χ2n) is 8.35. The van der Waals surface area contributed by atoms with Crippen molar-refractivity contribution in [1.29, 1.82) is 0 Å². The lowest BCUT2D eigenvalue weighted by Crippen LogP contribution is -2.16. The third-order valence-corrected chi connectivity index (χ3v) is 5.41. The van der Waals surface area contributed by atoms with Crippen LogP contribution in [0.4, 0.5) is 0 Å². The van der Waals surface area contributed by atoms with E-state index >= 15 is 0 Å². The molecule has 0 aromatic rings. The van der Waals surface area contributed by atoms with E-state index in [1.54, 1.807) is 0 Å². The molecule has 5 nitrogen and oxygen atoms in total. The van der Waals surface area contributed by atoms with Gasteiger partial charge in [-0.15, -0.1) is 10.1 Å². The maximum atomic E-state index is 8.36. The zero-order chi connectivity index (χ0) is 21.8. The number of nitrogens with zero attached hydrogens (tertiary/aromatic N) is 1. The Kier molecular flexibility index (Phi) is 30.7. The minimum absolute atomic E-state index is 1.24. The van der Waals surface area contributed by atoms with E-state index in [-0.39, 0.29) is 0 Å². The third kappa shape index (κ3) is 38.4. The van der Waals surface area contributed by atoms with E-state index in [1.807, 2.05) is 0 Å². The summed E-state index contributed by atoms with van der Waals surface area (Å²) in [6, 6.07) is 0. The highest BCUT2D eigenvalue weighted by atomic mass is 16.9. The van der Waals surface area contributed by atoms with Gasteiger partial charge in [0.2, 0.25) is 0 Å². The molecule has 0 aromatic carbocycles. The summed E-state index contributed by atoms with van der Waals surface area (Å²) in [5.74, 6) is 0. The Labute approximate surface area is 181 Å². The molecule has 0 unspecified atom stereocenters. The summed E-state index contributed by atoms with van der Waals surface area (Å²) in [5.41, 5.74) is 0. The number of rotatable bonds is 22. The lowest BCUT2D eigenvalue weighted by Gasteiger charge is -2.05. The largest absolute Gasteiger partial charge is 0.328 e. The van der Waals surface area contributed by atoms with Crippen LogP contribution in [0.25, 0.3) is 0 Å². The van der Waals surface area contributed by atoms with Crippen molar-refractivity contribution in [3.05, 3.63) is 10.1 Å². The molecule has 2 N–H and O–H groups in total. The van der Waals surface area contributed by atoms with Crippen molar-refractivity contribution in [2.45, 2.75) is 142 Å². The third-order valence-electron chi connectivity index (χ3n) is 5.41. The smallest absolute Gasteiger partial charge is 0.291 e. The zero-order valence-corrected chi connectivity index (χ0v) is 19.8. The molecule has 0 aliphatic rings. The van der Waals surface area contributed by atoms with Gasteiger partial charge in [0.1, 0.15) is 0 Å². The molecular formula is C24H52N2O3. The van der Waals surface area contributed by atoms with Crippen molar-refractivity contribution in [1.82, 2.24) is 5.32 Å². The van der Waals surface area contributed by atoms with Crippen molar-refractivity contribution in [3.8, 4) is 0 Å². The molecule has 0 aromatic heterocycles. The van der Waals surface area contributed by atoms with E-state index in [9.17, 15) is 0 Å². The van der Waals surface area contributed by atoms with Crippen LogP contribution in [0, 0.1) is 10.1 Å². The first kappa shape index (κ1) is 30.4. The molecule has 0 rings (SSSR count). The molecule has 0 fully saturated rings. The normalized spacial score (nSPS) is 10.6. The van der Waals surface area contributed by atoms with Gasteiger partial charge < -0.3 is 10.5 Å².